The molecule has 1 unspecified atom stereocenters. The van der Waals surface area contributed by atoms with Crippen LogP contribution < -0.4 is 9.64 Å². The van der Waals surface area contributed by atoms with Crippen molar-refractivity contribution in [3.05, 3.63) is 45.8 Å². The number of nitrogens with zero attached hydrogens (tertiary/aromatic N) is 1. The lowest BCUT2D eigenvalue weighted by Crippen LogP contribution is -2.38. The van der Waals surface area contributed by atoms with Crippen LogP contribution in [0.1, 0.15) is 81.9 Å². The van der Waals surface area contributed by atoms with E-state index in [2.05, 4.69) is 0 Å². The molecule has 1 atom stereocenters. The van der Waals surface area contributed by atoms with E-state index in [1.165, 1.54) is 6.07 Å². The first-order valence-corrected chi connectivity index (χ1v) is 13.0. The molecule has 0 saturated heterocycles. The summed E-state index contributed by atoms with van der Waals surface area (Å²) in [5.74, 6) is -1.30. The second-order valence-corrected chi connectivity index (χ2v) is 12.2. The first kappa shape index (κ1) is 27.1. The molecule has 1 N–H and O–H groups in total. The average Bonchev–Trinajstić information content (AvgIpc) is 3.20. The summed E-state index contributed by atoms with van der Waals surface area (Å²) in [7, 11) is 0. The quantitative estimate of drug-likeness (QED) is 0.521. The Morgan fingerprint density at radius 1 is 1.08 bits per heavy atom. The van der Waals surface area contributed by atoms with Crippen molar-refractivity contribution in [3.63, 3.8) is 0 Å². The summed E-state index contributed by atoms with van der Waals surface area (Å²) in [6.07, 6.45) is 0.748. The van der Waals surface area contributed by atoms with Crippen LogP contribution in [0.3, 0.4) is 0 Å². The van der Waals surface area contributed by atoms with Gasteiger partial charge in [0.15, 0.2) is 17.7 Å². The number of hydrogen-bond donors (Lipinski definition) is 1. The highest BCUT2D eigenvalue weighted by molar-refractivity contribution is 6.01. The maximum absolute atomic E-state index is 15.4. The highest BCUT2D eigenvalue weighted by atomic mass is 19.1. The van der Waals surface area contributed by atoms with E-state index in [1.54, 1.807) is 4.90 Å². The van der Waals surface area contributed by atoms with Gasteiger partial charge in [-0.15, -0.1) is 0 Å². The molecule has 1 amide bonds. The van der Waals surface area contributed by atoms with Gasteiger partial charge in [0, 0.05) is 28.8 Å². The smallest absolute Gasteiger partial charge is 0.337 e. The van der Waals surface area contributed by atoms with Crippen molar-refractivity contribution in [1.29, 1.82) is 0 Å². The van der Waals surface area contributed by atoms with Gasteiger partial charge in [0.1, 0.15) is 0 Å². The number of rotatable bonds is 4. The van der Waals surface area contributed by atoms with E-state index in [1.807, 2.05) is 61.5 Å². The molecule has 6 nitrogen and oxygen atoms in total. The van der Waals surface area contributed by atoms with Crippen LogP contribution in [-0.4, -0.2) is 35.7 Å². The van der Waals surface area contributed by atoms with E-state index in [0.29, 0.717) is 48.2 Å². The van der Waals surface area contributed by atoms with Gasteiger partial charge in [0.25, 0.3) is 0 Å². The molecule has 2 aliphatic rings. The first-order valence-electron chi connectivity index (χ1n) is 13.0. The Labute approximate surface area is 218 Å². The largest absolute Gasteiger partial charge is 0.490 e. The molecule has 0 aromatic heterocycles. The fourth-order valence-corrected chi connectivity index (χ4v) is 5.46. The molecule has 0 aliphatic carbocycles. The molecule has 200 valence electrons. The number of amides is 1. The third-order valence-corrected chi connectivity index (χ3v) is 7.08. The molecule has 2 heterocycles. The minimum absolute atomic E-state index is 0.00757. The molecule has 2 aromatic rings. The second kappa shape index (κ2) is 9.43. The fourth-order valence-electron chi connectivity index (χ4n) is 5.46. The Morgan fingerprint density at radius 3 is 2.35 bits per heavy atom. The normalized spacial score (nSPS) is 16.2. The van der Waals surface area contributed by atoms with Crippen LogP contribution in [0.4, 0.5) is 10.1 Å². The minimum atomic E-state index is -1.26. The monoisotopic (exact) mass is 511 g/mol. The van der Waals surface area contributed by atoms with Crippen molar-refractivity contribution >= 4 is 17.6 Å². The van der Waals surface area contributed by atoms with Crippen LogP contribution >= 0.6 is 0 Å². The predicted molar refractivity (Wildman–Crippen MR) is 142 cm³/mol. The molecule has 0 spiro atoms. The van der Waals surface area contributed by atoms with Gasteiger partial charge in [0.2, 0.25) is 5.91 Å². The number of carbonyl (C=O) groups excluding carboxylic acids is 1. The zero-order valence-electron chi connectivity index (χ0n) is 23.2. The predicted octanol–water partition coefficient (Wildman–Crippen LogP) is 6.31. The molecule has 7 heteroatoms. The van der Waals surface area contributed by atoms with Gasteiger partial charge < -0.3 is 19.5 Å². The highest BCUT2D eigenvalue weighted by Crippen LogP contribution is 2.48. The Kier molecular flexibility index (Phi) is 6.91. The number of carboxylic acid groups (broad SMARTS) is 1. The van der Waals surface area contributed by atoms with Gasteiger partial charge in [-0.1, -0.05) is 20.8 Å². The topological polar surface area (TPSA) is 76.1 Å². The van der Waals surface area contributed by atoms with E-state index in [4.69, 9.17) is 9.47 Å². The van der Waals surface area contributed by atoms with Gasteiger partial charge in [-0.2, -0.15) is 0 Å². The van der Waals surface area contributed by atoms with Crippen LogP contribution in [0.25, 0.3) is 11.1 Å². The molecular weight excluding hydrogens is 473 g/mol. The third kappa shape index (κ3) is 4.98. The van der Waals surface area contributed by atoms with Crippen molar-refractivity contribution in [2.45, 2.75) is 86.4 Å². The third-order valence-electron chi connectivity index (χ3n) is 7.08. The number of benzene rings is 2. The molecule has 0 bridgehead atoms. The van der Waals surface area contributed by atoms with Crippen molar-refractivity contribution in [2.24, 2.45) is 5.41 Å². The molecule has 2 aromatic carbocycles. The Bertz CT molecular complexity index is 1270. The Morgan fingerprint density at radius 2 is 1.76 bits per heavy atom. The standard InChI is InChI=1S/C30H38FNO5/c1-16-14-22-19(11-12-32(22)28(35)29(3,4)5)24(23(16)26(27(33)34)37-30(6,7)8)20-15-21(31)25-18(17(20)2)10-9-13-36-25/h14-15,26H,9-13H2,1-8H3,(H,33,34). The van der Waals surface area contributed by atoms with Gasteiger partial charge in [-0.05, 0) is 93.8 Å². The molecule has 37 heavy (non-hydrogen) atoms. The van der Waals surface area contributed by atoms with Crippen molar-refractivity contribution in [3.8, 4) is 16.9 Å². The van der Waals surface area contributed by atoms with Gasteiger partial charge in [-0.25, -0.2) is 9.18 Å². The van der Waals surface area contributed by atoms with Crippen molar-refractivity contribution in [1.82, 2.24) is 0 Å². The number of anilines is 1. The number of fused-ring (bicyclic) bond motifs is 2. The lowest BCUT2D eigenvalue weighted by atomic mass is 9.83. The number of hydrogen-bond acceptors (Lipinski definition) is 4. The molecule has 0 saturated carbocycles. The number of halogens is 1. The molecule has 2 aliphatic heterocycles. The molecule has 0 radical (unpaired) electrons. The number of carboxylic acids is 1. The number of aliphatic carboxylic acids is 1. The van der Waals surface area contributed by atoms with Gasteiger partial charge in [0.05, 0.1) is 12.2 Å². The summed E-state index contributed by atoms with van der Waals surface area (Å²) in [6.45, 7) is 15.8. The molecule has 0 fully saturated rings. The molecular formula is C30H38FNO5. The lowest BCUT2D eigenvalue weighted by molar-refractivity contribution is -0.160. The lowest BCUT2D eigenvalue weighted by Gasteiger charge is -2.31. The van der Waals surface area contributed by atoms with Gasteiger partial charge >= 0.3 is 5.97 Å². The first-order chi connectivity index (χ1) is 17.1. The van der Waals surface area contributed by atoms with E-state index >= 15 is 4.39 Å². The SMILES string of the molecule is Cc1cc2c(c(-c3cc(F)c4c(c3C)CCCO4)c1C(OC(C)(C)C)C(=O)O)CCN2C(=O)C(C)(C)C. The number of carbonyl (C=O) groups is 2. The van der Waals surface area contributed by atoms with Crippen LogP contribution in [-0.2, 0) is 27.2 Å². The van der Waals surface area contributed by atoms with Crippen LogP contribution in [0.5, 0.6) is 5.75 Å². The van der Waals surface area contributed by atoms with Crippen LogP contribution in [0.2, 0.25) is 0 Å². The zero-order chi connectivity index (χ0) is 27.4. The van der Waals surface area contributed by atoms with Gasteiger partial charge in [-0.3, -0.25) is 4.79 Å². The Hall–Kier alpha value is -2.93. The van der Waals surface area contributed by atoms with Crippen molar-refractivity contribution in [2.75, 3.05) is 18.1 Å². The zero-order valence-corrected chi connectivity index (χ0v) is 23.2. The second-order valence-electron chi connectivity index (χ2n) is 12.2. The summed E-state index contributed by atoms with van der Waals surface area (Å²) in [5.41, 5.74) is 4.44. The summed E-state index contributed by atoms with van der Waals surface area (Å²) >= 11 is 0. The highest BCUT2D eigenvalue weighted by Gasteiger charge is 2.39. The minimum Gasteiger partial charge on any atom is -0.490 e. The van der Waals surface area contributed by atoms with E-state index in [-0.39, 0.29) is 11.7 Å². The Balaban J connectivity index is 2.06. The van der Waals surface area contributed by atoms with E-state index in [0.717, 1.165) is 28.8 Å². The summed E-state index contributed by atoms with van der Waals surface area (Å²) < 4.78 is 27.2. The fraction of sp³-hybridized carbons (Fsp3) is 0.533. The molecule has 4 rings (SSSR count). The van der Waals surface area contributed by atoms with Crippen LogP contribution in [0.15, 0.2) is 12.1 Å². The van der Waals surface area contributed by atoms with Crippen molar-refractivity contribution < 1.29 is 28.6 Å². The van der Waals surface area contributed by atoms with Crippen LogP contribution in [0, 0.1) is 25.1 Å². The van der Waals surface area contributed by atoms with E-state index in [9.17, 15) is 14.7 Å². The summed E-state index contributed by atoms with van der Waals surface area (Å²) in [6, 6.07) is 3.35. The maximum Gasteiger partial charge on any atom is 0.337 e. The van der Waals surface area contributed by atoms with E-state index < -0.39 is 28.9 Å². The maximum atomic E-state index is 15.4. The summed E-state index contributed by atoms with van der Waals surface area (Å²) in [4.78, 5) is 27.7. The average molecular weight is 512 g/mol. The number of aryl methyl sites for hydroxylation is 1. The number of ether oxygens (including phenoxy) is 2. The summed E-state index contributed by atoms with van der Waals surface area (Å²) in [5, 5.41) is 10.3.